The molecule has 0 unspecified atom stereocenters. The second-order valence-corrected chi connectivity index (χ2v) is 7.14. The molecule has 1 aliphatic rings. The van der Waals surface area contributed by atoms with Crippen molar-refractivity contribution >= 4 is 11.8 Å². The zero-order chi connectivity index (χ0) is 20.1. The summed E-state index contributed by atoms with van der Waals surface area (Å²) in [5, 5.41) is 0. The van der Waals surface area contributed by atoms with E-state index in [1.165, 1.54) is 18.2 Å². The first-order chi connectivity index (χ1) is 14.3. The first-order valence-corrected chi connectivity index (χ1v) is 9.89. The van der Waals surface area contributed by atoms with Gasteiger partial charge in [0, 0.05) is 32.4 Å². The van der Waals surface area contributed by atoms with Gasteiger partial charge in [0.25, 0.3) is 0 Å². The van der Waals surface area contributed by atoms with Crippen LogP contribution in [0.1, 0.15) is 27.5 Å². The number of carbonyl (C=O) groups is 1. The minimum atomic E-state index is -0.359. The molecule has 0 saturated carbocycles. The molecule has 0 N–H and O–H groups in total. The van der Waals surface area contributed by atoms with Crippen LogP contribution in [0.15, 0.2) is 79.0 Å². The summed E-state index contributed by atoms with van der Waals surface area (Å²) < 4.78 is 4.75. The number of pyridine rings is 1. The van der Waals surface area contributed by atoms with E-state index in [2.05, 4.69) is 75.4 Å². The maximum Gasteiger partial charge on any atom is 0.339 e. The van der Waals surface area contributed by atoms with Gasteiger partial charge in [-0.3, -0.25) is 4.90 Å². The topological polar surface area (TPSA) is 45.7 Å². The predicted octanol–water partition coefficient (Wildman–Crippen LogP) is 3.78. The molecule has 2 aromatic carbocycles. The SMILES string of the molecule is COC(=O)c1ccc(N2CCN(C(c3ccccc3)c3ccccc3)CC2)nc1. The van der Waals surface area contributed by atoms with E-state index in [-0.39, 0.29) is 12.0 Å². The average Bonchev–Trinajstić information content (AvgIpc) is 2.81. The summed E-state index contributed by atoms with van der Waals surface area (Å²) >= 11 is 0. The first kappa shape index (κ1) is 19.2. The summed E-state index contributed by atoms with van der Waals surface area (Å²) in [6, 6.07) is 25.3. The summed E-state index contributed by atoms with van der Waals surface area (Å²) in [7, 11) is 1.38. The van der Waals surface area contributed by atoms with Crippen molar-refractivity contribution in [3.8, 4) is 0 Å². The van der Waals surface area contributed by atoms with E-state index >= 15 is 0 Å². The number of hydrogen-bond donors (Lipinski definition) is 0. The normalized spacial score (nSPS) is 14.8. The summed E-state index contributed by atoms with van der Waals surface area (Å²) in [6.45, 7) is 3.66. The molecule has 5 nitrogen and oxygen atoms in total. The Kier molecular flexibility index (Phi) is 5.86. The number of anilines is 1. The van der Waals surface area contributed by atoms with Gasteiger partial charge in [-0.25, -0.2) is 9.78 Å². The minimum Gasteiger partial charge on any atom is -0.465 e. The molecule has 3 aromatic rings. The van der Waals surface area contributed by atoms with Crippen molar-refractivity contribution in [2.24, 2.45) is 0 Å². The van der Waals surface area contributed by atoms with Crippen LogP contribution in [0.5, 0.6) is 0 Å². The molecular formula is C24H25N3O2. The lowest BCUT2D eigenvalue weighted by Crippen LogP contribution is -2.48. The third-order valence-corrected chi connectivity index (χ3v) is 5.40. The summed E-state index contributed by atoms with van der Waals surface area (Å²) in [4.78, 5) is 20.9. The molecule has 2 heterocycles. The molecular weight excluding hydrogens is 362 g/mol. The maximum absolute atomic E-state index is 11.6. The molecule has 1 aromatic heterocycles. The molecule has 0 bridgehead atoms. The van der Waals surface area contributed by atoms with Crippen LogP contribution in [0.3, 0.4) is 0 Å². The quantitative estimate of drug-likeness (QED) is 0.624. The lowest BCUT2D eigenvalue weighted by Gasteiger charge is -2.40. The third kappa shape index (κ3) is 4.30. The van der Waals surface area contributed by atoms with Crippen LogP contribution >= 0.6 is 0 Å². The second-order valence-electron chi connectivity index (χ2n) is 7.14. The molecule has 0 aliphatic carbocycles. The number of esters is 1. The van der Waals surface area contributed by atoms with Crippen LogP contribution in [0.2, 0.25) is 0 Å². The number of ether oxygens (including phenoxy) is 1. The van der Waals surface area contributed by atoms with E-state index in [1.54, 1.807) is 12.3 Å². The Labute approximate surface area is 171 Å². The van der Waals surface area contributed by atoms with Gasteiger partial charge < -0.3 is 9.64 Å². The van der Waals surface area contributed by atoms with Gasteiger partial charge in [0.05, 0.1) is 18.7 Å². The van der Waals surface area contributed by atoms with Crippen LogP contribution in [0.4, 0.5) is 5.82 Å². The zero-order valence-electron chi connectivity index (χ0n) is 16.6. The van der Waals surface area contributed by atoms with Gasteiger partial charge >= 0.3 is 5.97 Å². The average molecular weight is 387 g/mol. The molecule has 5 heteroatoms. The van der Waals surface area contributed by atoms with Crippen molar-refractivity contribution in [1.82, 2.24) is 9.88 Å². The smallest absolute Gasteiger partial charge is 0.339 e. The van der Waals surface area contributed by atoms with Crippen LogP contribution in [-0.4, -0.2) is 49.1 Å². The fraction of sp³-hybridized carbons (Fsp3) is 0.250. The van der Waals surface area contributed by atoms with Gasteiger partial charge in [-0.05, 0) is 23.3 Å². The Morgan fingerprint density at radius 2 is 1.45 bits per heavy atom. The summed E-state index contributed by atoms with van der Waals surface area (Å²) in [6.07, 6.45) is 1.59. The first-order valence-electron chi connectivity index (χ1n) is 9.89. The highest BCUT2D eigenvalue weighted by Crippen LogP contribution is 2.30. The largest absolute Gasteiger partial charge is 0.465 e. The fourth-order valence-corrected chi connectivity index (χ4v) is 3.91. The van der Waals surface area contributed by atoms with Crippen molar-refractivity contribution in [2.45, 2.75) is 6.04 Å². The molecule has 1 fully saturated rings. The number of carbonyl (C=O) groups excluding carboxylic acids is 1. The van der Waals surface area contributed by atoms with Gasteiger partial charge in [0.1, 0.15) is 5.82 Å². The number of piperazine rings is 1. The summed E-state index contributed by atoms with van der Waals surface area (Å²) in [5.41, 5.74) is 3.10. The standard InChI is InChI=1S/C24H25N3O2/c1-29-24(28)21-12-13-22(25-18-21)26-14-16-27(17-15-26)23(19-8-4-2-5-9-19)20-10-6-3-7-11-20/h2-13,18,23H,14-17H2,1H3. The number of benzene rings is 2. The molecule has 0 amide bonds. The van der Waals surface area contributed by atoms with E-state index in [0.29, 0.717) is 5.56 Å². The predicted molar refractivity (Wildman–Crippen MR) is 114 cm³/mol. The summed E-state index contributed by atoms with van der Waals surface area (Å²) in [5.74, 6) is 0.538. The Bertz CT molecular complexity index is 882. The van der Waals surface area contributed by atoms with Crippen molar-refractivity contribution in [2.75, 3.05) is 38.2 Å². The maximum atomic E-state index is 11.6. The molecule has 1 aliphatic heterocycles. The number of methoxy groups -OCH3 is 1. The molecule has 4 rings (SSSR count). The van der Waals surface area contributed by atoms with Gasteiger partial charge in [-0.2, -0.15) is 0 Å². The molecule has 148 valence electrons. The van der Waals surface area contributed by atoms with E-state index < -0.39 is 0 Å². The Morgan fingerprint density at radius 1 is 0.862 bits per heavy atom. The lowest BCUT2D eigenvalue weighted by atomic mass is 9.96. The number of aromatic nitrogens is 1. The van der Waals surface area contributed by atoms with Crippen LogP contribution < -0.4 is 4.90 Å². The van der Waals surface area contributed by atoms with E-state index in [1.807, 2.05) is 6.07 Å². The molecule has 0 spiro atoms. The zero-order valence-corrected chi connectivity index (χ0v) is 16.6. The van der Waals surface area contributed by atoms with Crippen LogP contribution in [-0.2, 0) is 4.74 Å². The second kappa shape index (κ2) is 8.88. The van der Waals surface area contributed by atoms with Crippen molar-refractivity contribution in [3.63, 3.8) is 0 Å². The highest BCUT2D eigenvalue weighted by Gasteiger charge is 2.26. The monoisotopic (exact) mass is 387 g/mol. The highest BCUT2D eigenvalue weighted by molar-refractivity contribution is 5.89. The highest BCUT2D eigenvalue weighted by atomic mass is 16.5. The number of nitrogens with zero attached hydrogens (tertiary/aromatic N) is 3. The van der Waals surface area contributed by atoms with Gasteiger partial charge in [0.2, 0.25) is 0 Å². The van der Waals surface area contributed by atoms with E-state index in [9.17, 15) is 4.79 Å². The number of hydrogen-bond acceptors (Lipinski definition) is 5. The minimum absolute atomic E-state index is 0.245. The van der Waals surface area contributed by atoms with E-state index in [0.717, 1.165) is 32.0 Å². The molecule has 1 saturated heterocycles. The van der Waals surface area contributed by atoms with Gasteiger partial charge in [-0.1, -0.05) is 60.7 Å². The van der Waals surface area contributed by atoms with Crippen molar-refractivity contribution < 1.29 is 9.53 Å². The Morgan fingerprint density at radius 3 is 1.93 bits per heavy atom. The molecule has 0 radical (unpaired) electrons. The lowest BCUT2D eigenvalue weighted by molar-refractivity contribution is 0.0600. The van der Waals surface area contributed by atoms with Gasteiger partial charge in [-0.15, -0.1) is 0 Å². The Hall–Kier alpha value is -3.18. The Balaban J connectivity index is 1.49. The van der Waals surface area contributed by atoms with Crippen molar-refractivity contribution in [1.29, 1.82) is 0 Å². The fourth-order valence-electron chi connectivity index (χ4n) is 3.91. The van der Waals surface area contributed by atoms with E-state index in [4.69, 9.17) is 4.74 Å². The van der Waals surface area contributed by atoms with Crippen LogP contribution in [0, 0.1) is 0 Å². The number of rotatable bonds is 5. The molecule has 29 heavy (non-hydrogen) atoms. The van der Waals surface area contributed by atoms with Crippen LogP contribution in [0.25, 0.3) is 0 Å². The molecule has 0 atom stereocenters. The van der Waals surface area contributed by atoms with Crippen molar-refractivity contribution in [3.05, 3.63) is 95.7 Å². The third-order valence-electron chi connectivity index (χ3n) is 5.40. The van der Waals surface area contributed by atoms with Gasteiger partial charge in [0.15, 0.2) is 0 Å².